The maximum Gasteiger partial charge on any atom is 0.262 e. The molecular weight excluding hydrogens is 454 g/mol. The number of hydrogen-bond acceptors (Lipinski definition) is 4. The first kappa shape index (κ1) is 20.0. The van der Waals surface area contributed by atoms with Crippen molar-refractivity contribution in [3.63, 3.8) is 0 Å². The van der Waals surface area contributed by atoms with E-state index in [1.54, 1.807) is 24.3 Å². The molecule has 140 valence electrons. The Labute approximate surface area is 175 Å². The Morgan fingerprint density at radius 2 is 1.67 bits per heavy atom. The summed E-state index contributed by atoms with van der Waals surface area (Å²) < 4.78 is 33.4. The summed E-state index contributed by atoms with van der Waals surface area (Å²) in [5.74, 6) is 0.387. The van der Waals surface area contributed by atoms with E-state index in [1.807, 2.05) is 0 Å². The molecule has 0 bridgehead atoms. The average Bonchev–Trinajstić information content (AvgIpc) is 2.59. The van der Waals surface area contributed by atoms with Crippen molar-refractivity contribution >= 4 is 62.1 Å². The lowest BCUT2D eigenvalue weighted by molar-refractivity contribution is 0.465. The summed E-state index contributed by atoms with van der Waals surface area (Å²) in [5.41, 5.74) is 0.0496. The van der Waals surface area contributed by atoms with E-state index in [0.29, 0.717) is 10.8 Å². The third kappa shape index (κ3) is 4.97. The van der Waals surface area contributed by atoms with Crippen molar-refractivity contribution in [1.29, 1.82) is 0 Å². The van der Waals surface area contributed by atoms with Crippen LogP contribution in [0.1, 0.15) is 0 Å². The molecule has 0 atom stereocenters. The van der Waals surface area contributed by atoms with E-state index in [-0.39, 0.29) is 31.5 Å². The highest BCUT2D eigenvalue weighted by Crippen LogP contribution is 2.33. The van der Waals surface area contributed by atoms with Crippen LogP contribution in [0, 0.1) is 0 Å². The molecule has 5 nitrogen and oxygen atoms in total. The summed E-state index contributed by atoms with van der Waals surface area (Å²) in [5, 5.41) is 1.03. The van der Waals surface area contributed by atoms with Gasteiger partial charge in [0.05, 0.1) is 20.0 Å². The second-order valence-electron chi connectivity index (χ2n) is 5.25. The van der Waals surface area contributed by atoms with Crippen LogP contribution in [-0.2, 0) is 10.0 Å². The zero-order valence-electron chi connectivity index (χ0n) is 13.3. The Kier molecular flexibility index (Phi) is 6.03. The van der Waals surface area contributed by atoms with Gasteiger partial charge in [0.2, 0.25) is 5.88 Å². The number of nitrogens with zero attached hydrogens (tertiary/aromatic N) is 1. The molecule has 0 spiro atoms. The Hall–Kier alpha value is -1.70. The van der Waals surface area contributed by atoms with E-state index in [9.17, 15) is 8.42 Å². The van der Waals surface area contributed by atoms with Gasteiger partial charge in [-0.05, 0) is 42.5 Å². The molecule has 0 amide bonds. The molecule has 0 aliphatic rings. The Balaban J connectivity index is 1.96. The predicted octanol–water partition coefficient (Wildman–Crippen LogP) is 6.29. The fourth-order valence-electron chi connectivity index (χ4n) is 2.07. The molecule has 0 aliphatic heterocycles. The third-order valence-corrected chi connectivity index (χ3v) is 5.82. The molecule has 10 heteroatoms. The van der Waals surface area contributed by atoms with E-state index >= 15 is 0 Å². The molecule has 0 radical (unpaired) electrons. The molecule has 0 unspecified atom stereocenters. The molecule has 0 saturated heterocycles. The highest BCUT2D eigenvalue weighted by molar-refractivity contribution is 7.92. The first-order valence-electron chi connectivity index (χ1n) is 7.31. The monoisotopic (exact) mass is 462 g/mol. The van der Waals surface area contributed by atoms with Gasteiger partial charge in [0.1, 0.15) is 11.4 Å². The van der Waals surface area contributed by atoms with Crippen molar-refractivity contribution in [3.05, 3.63) is 74.8 Å². The molecule has 3 rings (SSSR count). The normalized spacial score (nSPS) is 11.3. The van der Waals surface area contributed by atoms with Crippen LogP contribution in [0.2, 0.25) is 20.1 Å². The van der Waals surface area contributed by atoms with Gasteiger partial charge in [-0.2, -0.15) is 0 Å². The molecule has 0 fully saturated rings. The molecule has 1 N–H and O–H groups in total. The minimum absolute atomic E-state index is 0.00491. The first-order chi connectivity index (χ1) is 12.7. The van der Waals surface area contributed by atoms with Crippen LogP contribution >= 0.6 is 46.4 Å². The highest BCUT2D eigenvalue weighted by atomic mass is 35.5. The topological polar surface area (TPSA) is 68.3 Å². The number of halogens is 4. The number of benzene rings is 2. The van der Waals surface area contributed by atoms with Gasteiger partial charge < -0.3 is 4.74 Å². The van der Waals surface area contributed by atoms with Crippen LogP contribution in [-0.4, -0.2) is 13.4 Å². The largest absolute Gasteiger partial charge is 0.437 e. The van der Waals surface area contributed by atoms with E-state index in [4.69, 9.17) is 51.1 Å². The van der Waals surface area contributed by atoms with Crippen LogP contribution in [0.4, 0.5) is 5.69 Å². The van der Waals surface area contributed by atoms with Crippen molar-refractivity contribution in [2.45, 2.75) is 4.90 Å². The van der Waals surface area contributed by atoms with Crippen molar-refractivity contribution in [1.82, 2.24) is 4.98 Å². The molecule has 0 saturated carbocycles. The maximum atomic E-state index is 12.7. The van der Waals surface area contributed by atoms with Gasteiger partial charge in [0, 0.05) is 11.2 Å². The number of anilines is 1. The average molecular weight is 464 g/mol. The number of aromatic nitrogens is 1. The quantitative estimate of drug-likeness (QED) is 0.482. The zero-order chi connectivity index (χ0) is 19.6. The molecule has 2 aromatic carbocycles. The van der Waals surface area contributed by atoms with Gasteiger partial charge in [-0.25, -0.2) is 13.4 Å². The molecule has 3 aromatic rings. The Bertz CT molecular complexity index is 1110. The van der Waals surface area contributed by atoms with Crippen LogP contribution in [0.25, 0.3) is 0 Å². The molecule has 1 heterocycles. The van der Waals surface area contributed by atoms with Crippen molar-refractivity contribution in [3.8, 4) is 11.6 Å². The molecular formula is C17H10Cl4N2O3S. The summed E-state index contributed by atoms with van der Waals surface area (Å²) in [4.78, 5) is 3.96. The summed E-state index contributed by atoms with van der Waals surface area (Å²) in [6.07, 6.45) is 1.33. The van der Waals surface area contributed by atoms with Gasteiger partial charge >= 0.3 is 0 Å². The second-order valence-corrected chi connectivity index (χ2v) is 8.62. The van der Waals surface area contributed by atoms with Gasteiger partial charge in [-0.3, -0.25) is 4.72 Å². The first-order valence-corrected chi connectivity index (χ1v) is 10.3. The smallest absolute Gasteiger partial charge is 0.262 e. The Morgan fingerprint density at radius 1 is 0.889 bits per heavy atom. The number of pyridine rings is 1. The van der Waals surface area contributed by atoms with E-state index in [2.05, 4.69) is 9.71 Å². The predicted molar refractivity (Wildman–Crippen MR) is 108 cm³/mol. The van der Waals surface area contributed by atoms with E-state index in [0.717, 1.165) is 0 Å². The highest BCUT2D eigenvalue weighted by Gasteiger charge is 2.19. The van der Waals surface area contributed by atoms with Crippen molar-refractivity contribution in [2.24, 2.45) is 0 Å². The van der Waals surface area contributed by atoms with Gasteiger partial charge in [-0.15, -0.1) is 0 Å². The number of ether oxygens (including phenoxy) is 1. The van der Waals surface area contributed by atoms with Crippen LogP contribution < -0.4 is 9.46 Å². The number of hydrogen-bond donors (Lipinski definition) is 1. The summed E-state index contributed by atoms with van der Waals surface area (Å²) >= 11 is 23.6. The number of nitrogens with one attached hydrogen (secondary N) is 1. The minimum Gasteiger partial charge on any atom is -0.437 e. The molecule has 1 aromatic heterocycles. The molecule has 27 heavy (non-hydrogen) atoms. The fourth-order valence-corrected chi connectivity index (χ4v) is 3.85. The summed E-state index contributed by atoms with van der Waals surface area (Å²) in [7, 11) is -3.99. The van der Waals surface area contributed by atoms with E-state index in [1.165, 1.54) is 30.5 Å². The van der Waals surface area contributed by atoms with Gasteiger partial charge in [-0.1, -0.05) is 52.5 Å². The van der Waals surface area contributed by atoms with Crippen LogP contribution in [0.5, 0.6) is 11.6 Å². The lowest BCUT2D eigenvalue weighted by Gasteiger charge is -2.13. The lowest BCUT2D eigenvalue weighted by Crippen LogP contribution is -2.14. The minimum atomic E-state index is -3.99. The van der Waals surface area contributed by atoms with Gasteiger partial charge in [0.15, 0.2) is 0 Å². The Morgan fingerprint density at radius 3 is 2.37 bits per heavy atom. The van der Waals surface area contributed by atoms with Crippen molar-refractivity contribution in [2.75, 3.05) is 4.72 Å². The number of rotatable bonds is 5. The molecule has 0 aliphatic carbocycles. The standard InChI is InChI=1S/C17H10Cl4N2O3S/c18-10-2-1-3-12(6-10)26-17-16(7-11(19)9-22-17)23-27(24,25)13-4-5-14(20)15(21)8-13/h1-9,23H. The maximum absolute atomic E-state index is 12.7. The van der Waals surface area contributed by atoms with E-state index < -0.39 is 10.0 Å². The van der Waals surface area contributed by atoms with Crippen LogP contribution in [0.3, 0.4) is 0 Å². The summed E-state index contributed by atoms with van der Waals surface area (Å²) in [6, 6.07) is 11.9. The van der Waals surface area contributed by atoms with Gasteiger partial charge in [0.25, 0.3) is 10.0 Å². The lowest BCUT2D eigenvalue weighted by atomic mass is 10.3. The number of sulfonamides is 1. The fraction of sp³-hybridized carbons (Fsp3) is 0. The van der Waals surface area contributed by atoms with Crippen LogP contribution in [0.15, 0.2) is 59.6 Å². The third-order valence-electron chi connectivity index (χ3n) is 3.27. The van der Waals surface area contributed by atoms with Crippen molar-refractivity contribution < 1.29 is 13.2 Å². The zero-order valence-corrected chi connectivity index (χ0v) is 17.1. The summed E-state index contributed by atoms with van der Waals surface area (Å²) in [6.45, 7) is 0. The SMILES string of the molecule is O=S(=O)(Nc1cc(Cl)cnc1Oc1cccc(Cl)c1)c1ccc(Cl)c(Cl)c1. The second kappa shape index (κ2) is 8.12.